The van der Waals surface area contributed by atoms with Crippen molar-refractivity contribution in [3.05, 3.63) is 64.2 Å². The minimum Gasteiger partial charge on any atom is -0.355 e. The third kappa shape index (κ3) is 6.71. The predicted octanol–water partition coefficient (Wildman–Crippen LogP) is 3.67. The number of likely N-dealkylation sites (N-methyl/N-ethyl adjacent to an activating group) is 1. The Morgan fingerprint density at radius 3 is 2.30 bits per heavy atom. The number of nitrogens with zero attached hydrogens (tertiary/aromatic N) is 2. The Morgan fingerprint density at radius 2 is 1.73 bits per heavy atom. The highest BCUT2D eigenvalue weighted by Crippen LogP contribution is 2.26. The summed E-state index contributed by atoms with van der Waals surface area (Å²) in [6.07, 6.45) is 1.44. The molecule has 7 nitrogen and oxygen atoms in total. The molecule has 2 aromatic rings. The highest BCUT2D eigenvalue weighted by atomic mass is 35.5. The van der Waals surface area contributed by atoms with Crippen LogP contribution in [0.15, 0.2) is 42.5 Å². The van der Waals surface area contributed by atoms with Gasteiger partial charge < -0.3 is 10.2 Å². The number of amides is 2. The number of aryl methyl sites for hydroxylation is 1. The van der Waals surface area contributed by atoms with Gasteiger partial charge in [-0.3, -0.25) is 13.9 Å². The van der Waals surface area contributed by atoms with Crippen molar-refractivity contribution >= 4 is 39.1 Å². The monoisotopic (exact) mass is 493 g/mol. The van der Waals surface area contributed by atoms with Crippen LogP contribution in [-0.2, 0) is 26.2 Å². The molecule has 0 unspecified atom stereocenters. The quantitative estimate of drug-likeness (QED) is 0.547. The number of anilines is 1. The molecule has 0 heterocycles. The van der Waals surface area contributed by atoms with E-state index in [9.17, 15) is 18.0 Å². The number of hydrogen-bond acceptors (Lipinski definition) is 4. The molecule has 33 heavy (non-hydrogen) atoms. The molecule has 0 spiro atoms. The normalized spacial score (nSPS) is 12.2. The first-order valence-electron chi connectivity index (χ1n) is 10.9. The molecule has 0 aliphatic carbocycles. The number of rotatable bonds is 10. The average molecular weight is 494 g/mol. The van der Waals surface area contributed by atoms with Crippen LogP contribution in [-0.4, -0.2) is 50.5 Å². The third-order valence-corrected chi connectivity index (χ3v) is 7.05. The standard InChI is InChI=1S/C24H32ClN3O4S/c1-6-21(24(30)26-7-2)27(15-19-12-8-9-13-20(19)25)23(29)16-28(33(5,31)32)22-14-10-11-17(3)18(22)4/h8-14,21H,6-7,15-16H2,1-5H3,(H,26,30)/t21-/m0/s1. The molecule has 2 rings (SSSR count). The van der Waals surface area contributed by atoms with Crippen LogP contribution in [0.3, 0.4) is 0 Å². The first-order chi connectivity index (χ1) is 15.5. The van der Waals surface area contributed by atoms with Crippen LogP contribution in [0.2, 0.25) is 5.02 Å². The number of carbonyl (C=O) groups is 2. The fourth-order valence-electron chi connectivity index (χ4n) is 3.62. The van der Waals surface area contributed by atoms with Gasteiger partial charge in [0.25, 0.3) is 0 Å². The molecule has 9 heteroatoms. The van der Waals surface area contributed by atoms with Gasteiger partial charge in [0.1, 0.15) is 12.6 Å². The second-order valence-electron chi connectivity index (χ2n) is 7.92. The van der Waals surface area contributed by atoms with E-state index in [1.165, 1.54) is 4.90 Å². The molecule has 0 aliphatic heterocycles. The first-order valence-corrected chi connectivity index (χ1v) is 13.1. The number of carbonyl (C=O) groups excluding carboxylic acids is 2. The maximum absolute atomic E-state index is 13.6. The van der Waals surface area contributed by atoms with Gasteiger partial charge in [0.2, 0.25) is 21.8 Å². The molecule has 0 saturated carbocycles. The summed E-state index contributed by atoms with van der Waals surface area (Å²) in [5, 5.41) is 3.23. The zero-order valence-electron chi connectivity index (χ0n) is 19.8. The summed E-state index contributed by atoms with van der Waals surface area (Å²) >= 11 is 6.33. The van der Waals surface area contributed by atoms with Crippen LogP contribution in [0.5, 0.6) is 0 Å². The van der Waals surface area contributed by atoms with E-state index in [2.05, 4.69) is 5.32 Å². The first kappa shape index (κ1) is 26.7. The fourth-order valence-corrected chi connectivity index (χ4v) is 4.72. The second kappa shape index (κ2) is 11.5. The smallest absolute Gasteiger partial charge is 0.244 e. The molecule has 1 atom stereocenters. The van der Waals surface area contributed by atoms with Gasteiger partial charge in [-0.2, -0.15) is 0 Å². The van der Waals surface area contributed by atoms with Crippen molar-refractivity contribution in [1.29, 1.82) is 0 Å². The summed E-state index contributed by atoms with van der Waals surface area (Å²) in [6, 6.07) is 11.6. The van der Waals surface area contributed by atoms with E-state index >= 15 is 0 Å². The summed E-state index contributed by atoms with van der Waals surface area (Å²) in [5.74, 6) is -0.780. The lowest BCUT2D eigenvalue weighted by atomic mass is 10.1. The van der Waals surface area contributed by atoms with Crippen LogP contribution < -0.4 is 9.62 Å². The summed E-state index contributed by atoms with van der Waals surface area (Å²) in [7, 11) is -3.77. The van der Waals surface area contributed by atoms with Gasteiger partial charge in [0.15, 0.2) is 0 Å². The predicted molar refractivity (Wildman–Crippen MR) is 133 cm³/mol. The molecule has 0 bridgehead atoms. The Labute approximate surface area is 201 Å². The Balaban J connectivity index is 2.49. The summed E-state index contributed by atoms with van der Waals surface area (Å²) < 4.78 is 26.5. The van der Waals surface area contributed by atoms with Crippen LogP contribution in [0.1, 0.15) is 37.0 Å². The number of benzene rings is 2. The van der Waals surface area contributed by atoms with E-state index < -0.39 is 28.5 Å². The maximum Gasteiger partial charge on any atom is 0.244 e. The molecule has 0 fully saturated rings. The van der Waals surface area contributed by atoms with Gasteiger partial charge in [0, 0.05) is 18.1 Å². The van der Waals surface area contributed by atoms with Crippen molar-refractivity contribution in [3.8, 4) is 0 Å². The van der Waals surface area contributed by atoms with Gasteiger partial charge in [-0.05, 0) is 56.0 Å². The molecule has 2 amide bonds. The van der Waals surface area contributed by atoms with Crippen molar-refractivity contribution in [2.24, 2.45) is 0 Å². The number of nitrogens with one attached hydrogen (secondary N) is 1. The zero-order valence-corrected chi connectivity index (χ0v) is 21.3. The Morgan fingerprint density at radius 1 is 1.06 bits per heavy atom. The SMILES string of the molecule is CCNC(=O)[C@H](CC)N(Cc1ccccc1Cl)C(=O)CN(c1cccc(C)c1C)S(C)(=O)=O. The highest BCUT2D eigenvalue weighted by molar-refractivity contribution is 7.92. The number of sulfonamides is 1. The largest absolute Gasteiger partial charge is 0.355 e. The van der Waals surface area contributed by atoms with Crippen molar-refractivity contribution in [1.82, 2.24) is 10.2 Å². The lowest BCUT2D eigenvalue weighted by molar-refractivity contribution is -0.140. The molecular weight excluding hydrogens is 462 g/mol. The van der Waals surface area contributed by atoms with Crippen LogP contribution in [0, 0.1) is 13.8 Å². The lowest BCUT2D eigenvalue weighted by Gasteiger charge is -2.33. The van der Waals surface area contributed by atoms with Gasteiger partial charge in [0.05, 0.1) is 11.9 Å². The summed E-state index contributed by atoms with van der Waals surface area (Å²) in [5.41, 5.74) is 2.79. The minimum atomic E-state index is -3.77. The number of halogens is 1. The van der Waals surface area contributed by atoms with E-state index in [1.54, 1.807) is 43.3 Å². The average Bonchev–Trinajstić information content (AvgIpc) is 2.74. The third-order valence-electron chi connectivity index (χ3n) is 5.56. The fraction of sp³-hybridized carbons (Fsp3) is 0.417. The Bertz CT molecular complexity index is 1100. The Hall–Kier alpha value is -2.58. The van der Waals surface area contributed by atoms with Crippen LogP contribution in [0.25, 0.3) is 0 Å². The molecule has 0 radical (unpaired) electrons. The highest BCUT2D eigenvalue weighted by Gasteiger charge is 2.32. The van der Waals surface area contributed by atoms with Crippen LogP contribution >= 0.6 is 11.6 Å². The molecule has 180 valence electrons. The van der Waals surface area contributed by atoms with Crippen LogP contribution in [0.4, 0.5) is 5.69 Å². The second-order valence-corrected chi connectivity index (χ2v) is 10.2. The van der Waals surface area contributed by atoms with Crippen molar-refractivity contribution in [2.45, 2.75) is 46.7 Å². The molecule has 1 N–H and O–H groups in total. The van der Waals surface area contributed by atoms with Gasteiger partial charge in [-0.25, -0.2) is 8.42 Å². The van der Waals surface area contributed by atoms with Crippen molar-refractivity contribution in [2.75, 3.05) is 23.7 Å². The van der Waals surface area contributed by atoms with Crippen molar-refractivity contribution < 1.29 is 18.0 Å². The van der Waals surface area contributed by atoms with E-state index in [0.29, 0.717) is 29.2 Å². The topological polar surface area (TPSA) is 86.8 Å². The van der Waals surface area contributed by atoms with E-state index in [-0.39, 0.29) is 12.5 Å². The Kier molecular flexibility index (Phi) is 9.31. The van der Waals surface area contributed by atoms with Gasteiger partial charge >= 0.3 is 0 Å². The minimum absolute atomic E-state index is 0.0819. The lowest BCUT2D eigenvalue weighted by Crippen LogP contribution is -2.52. The maximum atomic E-state index is 13.6. The molecule has 0 aromatic heterocycles. The molecule has 0 aliphatic rings. The van der Waals surface area contributed by atoms with E-state index in [4.69, 9.17) is 11.6 Å². The van der Waals surface area contributed by atoms with Crippen molar-refractivity contribution in [3.63, 3.8) is 0 Å². The molecular formula is C24H32ClN3O4S. The van der Waals surface area contributed by atoms with E-state index in [1.807, 2.05) is 26.8 Å². The number of hydrogen-bond donors (Lipinski definition) is 1. The van der Waals surface area contributed by atoms with E-state index in [0.717, 1.165) is 21.7 Å². The molecule has 2 aromatic carbocycles. The zero-order chi connectivity index (χ0) is 24.8. The van der Waals surface area contributed by atoms with Gasteiger partial charge in [-0.15, -0.1) is 0 Å². The summed E-state index contributed by atoms with van der Waals surface area (Å²) in [4.78, 5) is 27.8. The molecule has 0 saturated heterocycles. The summed E-state index contributed by atoms with van der Waals surface area (Å²) in [6.45, 7) is 7.39. The van der Waals surface area contributed by atoms with Gasteiger partial charge in [-0.1, -0.05) is 48.9 Å².